The molecule has 29 heavy (non-hydrogen) atoms. The maximum absolute atomic E-state index is 16.8. The van der Waals surface area contributed by atoms with Gasteiger partial charge in [-0.05, 0) is 44.1 Å². The minimum atomic E-state index is -2.51. The summed E-state index contributed by atoms with van der Waals surface area (Å²) in [5, 5.41) is 31.8. The van der Waals surface area contributed by atoms with Crippen molar-refractivity contribution >= 4 is 11.8 Å². The maximum atomic E-state index is 16.8. The molecule has 3 N–H and O–H groups in total. The molecule has 0 aromatic carbocycles. The summed E-state index contributed by atoms with van der Waals surface area (Å²) in [4.78, 5) is 23.7. The van der Waals surface area contributed by atoms with E-state index in [1.165, 1.54) is 13.8 Å². The summed E-state index contributed by atoms with van der Waals surface area (Å²) >= 11 is 0. The molecule has 3 saturated carbocycles. The number of carbonyl (C=O) groups excluding carboxylic acids is 1. The van der Waals surface area contributed by atoms with Gasteiger partial charge in [-0.3, -0.25) is 4.79 Å². The van der Waals surface area contributed by atoms with Gasteiger partial charge in [0, 0.05) is 22.3 Å². The van der Waals surface area contributed by atoms with Crippen molar-refractivity contribution in [1.29, 1.82) is 0 Å². The summed E-state index contributed by atoms with van der Waals surface area (Å²) < 4.78 is 46.5. The average Bonchev–Trinajstić information content (AvgIpc) is 2.83. The molecule has 4 aliphatic rings. The summed E-state index contributed by atoms with van der Waals surface area (Å²) in [5.41, 5.74) is -8.58. The maximum Gasteiger partial charge on any atom is 0.336 e. The third kappa shape index (κ3) is 2.04. The zero-order chi connectivity index (χ0) is 21.7. The fourth-order valence-electron chi connectivity index (χ4n) is 7.09. The summed E-state index contributed by atoms with van der Waals surface area (Å²) in [6.07, 6.45) is -2.47. The Bertz CT molecular complexity index is 870. The van der Waals surface area contributed by atoms with E-state index in [1.807, 2.05) is 0 Å². The topological polar surface area (TPSA) is 94.8 Å². The molecule has 4 rings (SSSR count). The Morgan fingerprint density at radius 2 is 1.86 bits per heavy atom. The van der Waals surface area contributed by atoms with Gasteiger partial charge >= 0.3 is 5.97 Å². The van der Waals surface area contributed by atoms with Crippen LogP contribution in [0.2, 0.25) is 0 Å². The first-order chi connectivity index (χ1) is 13.3. The van der Waals surface area contributed by atoms with E-state index in [-0.39, 0.29) is 12.8 Å². The number of rotatable bonds is 1. The van der Waals surface area contributed by atoms with Gasteiger partial charge in [-0.15, -0.1) is 0 Å². The number of halogens is 3. The van der Waals surface area contributed by atoms with Crippen LogP contribution >= 0.6 is 0 Å². The highest BCUT2D eigenvalue weighted by molar-refractivity contribution is 6.04. The van der Waals surface area contributed by atoms with E-state index in [0.29, 0.717) is 0 Å². The van der Waals surface area contributed by atoms with Crippen LogP contribution in [0.5, 0.6) is 0 Å². The quantitative estimate of drug-likeness (QED) is 0.613. The van der Waals surface area contributed by atoms with Crippen LogP contribution in [0.25, 0.3) is 0 Å². The van der Waals surface area contributed by atoms with E-state index >= 15 is 8.78 Å². The van der Waals surface area contributed by atoms with Crippen molar-refractivity contribution in [3.63, 3.8) is 0 Å². The lowest BCUT2D eigenvalue weighted by atomic mass is 9.44. The van der Waals surface area contributed by atoms with Crippen LogP contribution in [-0.4, -0.2) is 50.6 Å². The van der Waals surface area contributed by atoms with E-state index in [9.17, 15) is 29.3 Å². The zero-order valence-electron chi connectivity index (χ0n) is 16.5. The van der Waals surface area contributed by atoms with Crippen LogP contribution in [0.15, 0.2) is 23.6 Å². The van der Waals surface area contributed by atoms with E-state index < -0.39 is 81.7 Å². The van der Waals surface area contributed by atoms with Crippen molar-refractivity contribution in [3.8, 4) is 0 Å². The van der Waals surface area contributed by atoms with Gasteiger partial charge in [0.2, 0.25) is 5.78 Å². The number of fused-ring (bicyclic) bond motifs is 5. The van der Waals surface area contributed by atoms with Crippen molar-refractivity contribution in [2.24, 2.45) is 28.6 Å². The molecule has 0 aliphatic heterocycles. The molecule has 0 spiro atoms. The number of aliphatic hydroxyl groups is 2. The second-order valence-corrected chi connectivity index (χ2v) is 9.66. The predicted molar refractivity (Wildman–Crippen MR) is 95.8 cm³/mol. The van der Waals surface area contributed by atoms with E-state index in [2.05, 4.69) is 0 Å². The molecule has 4 aliphatic carbocycles. The molecule has 5 nitrogen and oxygen atoms in total. The molecule has 3 fully saturated rings. The number of carbonyl (C=O) groups is 2. The highest BCUT2D eigenvalue weighted by atomic mass is 19.2. The molecular weight excluding hydrogens is 389 g/mol. The Hall–Kier alpha value is -1.67. The van der Waals surface area contributed by atoms with Crippen molar-refractivity contribution in [1.82, 2.24) is 0 Å². The minimum Gasteiger partial charge on any atom is -0.479 e. The smallest absolute Gasteiger partial charge is 0.336 e. The number of hydrogen-bond acceptors (Lipinski definition) is 4. The molecule has 0 saturated heterocycles. The molecule has 0 bridgehead atoms. The van der Waals surface area contributed by atoms with Crippen LogP contribution in [0.4, 0.5) is 13.2 Å². The highest BCUT2D eigenvalue weighted by Crippen LogP contribution is 2.71. The first-order valence-corrected chi connectivity index (χ1v) is 9.87. The highest BCUT2D eigenvalue weighted by Gasteiger charge is 2.77. The molecule has 9 atom stereocenters. The van der Waals surface area contributed by atoms with E-state index in [1.54, 1.807) is 6.92 Å². The molecule has 160 valence electrons. The monoisotopic (exact) mass is 414 g/mol. The normalized spacial score (nSPS) is 54.1. The first-order valence-electron chi connectivity index (χ1n) is 9.87. The summed E-state index contributed by atoms with van der Waals surface area (Å²) in [6, 6.07) is 0. The standard InChI is InChI=1S/C21H25F3O5/c1-9-6-10-11-7-12(22)15-16(23)13(25)4-5-18(15,2)20(11,24)14(26)8-19(10,3)21(9,29)17(27)28/h4-5,9-12,14,26,29H,6-8H2,1-3H3,(H,27,28)/t9-,10+,11+,12+,14+,18+,19+,20+,21+/m1/s1. The summed E-state index contributed by atoms with van der Waals surface area (Å²) in [5.74, 6) is -6.46. The fraction of sp³-hybridized carbons (Fsp3) is 0.714. The molecule has 0 heterocycles. The number of carboxylic acid groups (broad SMARTS) is 1. The number of aliphatic hydroxyl groups excluding tert-OH is 1. The van der Waals surface area contributed by atoms with Gasteiger partial charge in [0.1, 0.15) is 6.17 Å². The minimum absolute atomic E-state index is 0.134. The number of aliphatic carboxylic acids is 1. The molecule has 0 amide bonds. The molecule has 0 aromatic rings. The number of allylic oxidation sites excluding steroid dienone is 4. The summed E-state index contributed by atoms with van der Waals surface area (Å²) in [6.45, 7) is 4.32. The number of alkyl halides is 2. The van der Waals surface area contributed by atoms with Crippen LogP contribution in [0.1, 0.15) is 40.0 Å². The third-order valence-electron chi connectivity index (χ3n) is 8.61. The first kappa shape index (κ1) is 20.6. The van der Waals surface area contributed by atoms with Crippen LogP contribution in [-0.2, 0) is 9.59 Å². The Balaban J connectivity index is 1.91. The van der Waals surface area contributed by atoms with Gasteiger partial charge in [-0.25, -0.2) is 18.0 Å². The number of ketones is 1. The zero-order valence-corrected chi connectivity index (χ0v) is 16.5. The number of carboxylic acids is 1. The van der Waals surface area contributed by atoms with Crippen molar-refractivity contribution in [2.75, 3.05) is 0 Å². The lowest BCUT2D eigenvalue weighted by molar-refractivity contribution is -0.229. The average molecular weight is 414 g/mol. The molecular formula is C21H25F3O5. The lowest BCUT2D eigenvalue weighted by Gasteiger charge is -2.62. The molecule has 0 radical (unpaired) electrons. The Kier molecular flexibility index (Phi) is 4.06. The number of hydrogen-bond donors (Lipinski definition) is 3. The van der Waals surface area contributed by atoms with Gasteiger partial charge in [-0.2, -0.15) is 0 Å². The van der Waals surface area contributed by atoms with Gasteiger partial charge < -0.3 is 15.3 Å². The predicted octanol–water partition coefficient (Wildman–Crippen LogP) is 2.66. The second-order valence-electron chi connectivity index (χ2n) is 9.66. The van der Waals surface area contributed by atoms with Crippen LogP contribution in [0.3, 0.4) is 0 Å². The Morgan fingerprint density at radius 3 is 2.45 bits per heavy atom. The lowest BCUT2D eigenvalue weighted by Crippen LogP contribution is -2.70. The summed E-state index contributed by atoms with van der Waals surface area (Å²) in [7, 11) is 0. The third-order valence-corrected chi connectivity index (χ3v) is 8.61. The van der Waals surface area contributed by atoms with Crippen LogP contribution < -0.4 is 0 Å². The van der Waals surface area contributed by atoms with Gasteiger partial charge in [-0.1, -0.05) is 19.9 Å². The Labute approximate surface area is 166 Å². The van der Waals surface area contributed by atoms with E-state index in [4.69, 9.17) is 0 Å². The van der Waals surface area contributed by atoms with Gasteiger partial charge in [0.15, 0.2) is 17.1 Å². The van der Waals surface area contributed by atoms with Crippen molar-refractivity contribution in [3.05, 3.63) is 23.6 Å². The second kappa shape index (κ2) is 5.72. The van der Waals surface area contributed by atoms with Crippen LogP contribution in [0, 0.1) is 28.6 Å². The molecule has 0 unspecified atom stereocenters. The SMILES string of the molecule is C[C@@H]1C[C@H]2[C@@H]3C[C@H](F)C4=C(F)C(=O)C=C[C@]4(C)[C@@]3(F)[C@@H](O)C[C@]2(C)[C@@]1(O)C(=O)O. The molecule has 8 heteroatoms. The van der Waals surface area contributed by atoms with Gasteiger partial charge in [0.25, 0.3) is 0 Å². The van der Waals surface area contributed by atoms with E-state index in [0.717, 1.165) is 12.2 Å². The van der Waals surface area contributed by atoms with Crippen molar-refractivity contribution in [2.45, 2.75) is 63.6 Å². The Morgan fingerprint density at radius 1 is 1.24 bits per heavy atom. The largest absolute Gasteiger partial charge is 0.479 e. The van der Waals surface area contributed by atoms with Crippen molar-refractivity contribution < 1.29 is 38.1 Å². The van der Waals surface area contributed by atoms with Gasteiger partial charge in [0.05, 0.1) is 6.10 Å². The fourth-order valence-corrected chi connectivity index (χ4v) is 7.09. The molecule has 0 aromatic heterocycles.